The topological polar surface area (TPSA) is 13.1 Å². The van der Waals surface area contributed by atoms with Gasteiger partial charge in [0, 0.05) is 10.8 Å². The molecule has 1 aromatic heterocycles. The molecule has 0 spiro atoms. The van der Waals surface area contributed by atoms with Gasteiger partial charge in [-0.3, -0.25) is 0 Å². The van der Waals surface area contributed by atoms with E-state index in [2.05, 4.69) is 195 Å². The van der Waals surface area contributed by atoms with Gasteiger partial charge in [0.15, 0.2) is 0 Å². The SMILES string of the molecule is Cc1ccc(-c2c3ccccc3c(-c3ccc4c(c3)oc3ccc(-c5c6ccccc6c(-c6ccccc6)c6ccccc56)cc34)c3ccccc23)cc1. The minimum absolute atomic E-state index is 0.893. The van der Waals surface area contributed by atoms with E-state index in [1.807, 2.05) is 0 Å². The molecule has 1 nitrogen and oxygen atoms in total. The molecule has 11 aromatic rings. The average Bonchev–Trinajstić information content (AvgIpc) is 3.59. The maximum atomic E-state index is 6.69. The fourth-order valence-corrected chi connectivity index (χ4v) is 8.91. The highest BCUT2D eigenvalue weighted by Crippen LogP contribution is 2.47. The molecule has 0 aliphatic rings. The molecule has 1 heterocycles. The summed E-state index contributed by atoms with van der Waals surface area (Å²) in [4.78, 5) is 0. The Hall–Kier alpha value is -6.96. The Kier molecular flexibility index (Phi) is 6.84. The van der Waals surface area contributed by atoms with Crippen LogP contribution in [0.2, 0.25) is 0 Å². The second kappa shape index (κ2) is 12.0. The van der Waals surface area contributed by atoms with E-state index in [1.54, 1.807) is 0 Å². The van der Waals surface area contributed by atoms with Crippen molar-refractivity contribution < 1.29 is 4.42 Å². The number of hydrogen-bond acceptors (Lipinski definition) is 1. The van der Waals surface area contributed by atoms with Crippen molar-refractivity contribution in [1.29, 1.82) is 0 Å². The molecule has 0 saturated heterocycles. The van der Waals surface area contributed by atoms with E-state index in [0.29, 0.717) is 0 Å². The Bertz CT molecular complexity index is 3140. The van der Waals surface area contributed by atoms with Crippen LogP contribution >= 0.6 is 0 Å². The maximum Gasteiger partial charge on any atom is 0.136 e. The monoisotopic (exact) mass is 686 g/mol. The lowest BCUT2D eigenvalue weighted by atomic mass is 9.85. The summed E-state index contributed by atoms with van der Waals surface area (Å²) < 4.78 is 6.69. The minimum Gasteiger partial charge on any atom is -0.456 e. The van der Waals surface area contributed by atoms with Gasteiger partial charge in [0.25, 0.3) is 0 Å². The van der Waals surface area contributed by atoms with Gasteiger partial charge in [0.1, 0.15) is 11.2 Å². The van der Waals surface area contributed by atoms with E-state index in [1.165, 1.54) is 87.6 Å². The predicted molar refractivity (Wildman–Crippen MR) is 230 cm³/mol. The number of aryl methyl sites for hydroxylation is 1. The molecule has 0 N–H and O–H groups in total. The molecule has 0 aliphatic carbocycles. The smallest absolute Gasteiger partial charge is 0.136 e. The second-order valence-electron chi connectivity index (χ2n) is 14.4. The summed E-state index contributed by atoms with van der Waals surface area (Å²) in [5.74, 6) is 0. The molecule has 11 rings (SSSR count). The number of furan rings is 1. The molecule has 10 aromatic carbocycles. The molecule has 0 radical (unpaired) electrons. The lowest BCUT2D eigenvalue weighted by Crippen LogP contribution is -1.91. The fraction of sp³-hybridized carbons (Fsp3) is 0.0189. The molecule has 0 bridgehead atoms. The minimum atomic E-state index is 0.893. The highest BCUT2D eigenvalue weighted by atomic mass is 16.3. The van der Waals surface area contributed by atoms with E-state index in [-0.39, 0.29) is 0 Å². The first-order valence-electron chi connectivity index (χ1n) is 18.7. The van der Waals surface area contributed by atoms with Gasteiger partial charge in [-0.25, -0.2) is 0 Å². The molecular formula is C53H34O. The molecule has 0 fully saturated rings. The number of hydrogen-bond donors (Lipinski definition) is 0. The molecule has 0 unspecified atom stereocenters. The summed E-state index contributed by atoms with van der Waals surface area (Å²) >= 11 is 0. The molecule has 0 amide bonds. The molecule has 1 heteroatoms. The summed E-state index contributed by atoms with van der Waals surface area (Å²) in [5.41, 5.74) is 12.9. The van der Waals surface area contributed by atoms with Gasteiger partial charge < -0.3 is 4.42 Å². The summed E-state index contributed by atoms with van der Waals surface area (Å²) in [5, 5.41) is 12.2. The van der Waals surface area contributed by atoms with Crippen molar-refractivity contribution in [1.82, 2.24) is 0 Å². The Labute approximate surface area is 313 Å². The number of benzene rings is 10. The van der Waals surface area contributed by atoms with Crippen molar-refractivity contribution in [3.05, 3.63) is 194 Å². The first-order chi connectivity index (χ1) is 26.7. The van der Waals surface area contributed by atoms with Crippen molar-refractivity contribution in [3.63, 3.8) is 0 Å². The van der Waals surface area contributed by atoms with E-state index in [0.717, 1.165) is 27.5 Å². The Balaban J connectivity index is 1.12. The summed E-state index contributed by atoms with van der Waals surface area (Å²) in [6, 6.07) is 68.5. The molecule has 0 atom stereocenters. The summed E-state index contributed by atoms with van der Waals surface area (Å²) in [7, 11) is 0. The first kappa shape index (κ1) is 30.6. The van der Waals surface area contributed by atoms with Gasteiger partial charge in [-0.1, -0.05) is 169 Å². The van der Waals surface area contributed by atoms with Gasteiger partial charge >= 0.3 is 0 Å². The van der Waals surface area contributed by atoms with E-state index < -0.39 is 0 Å². The number of rotatable bonds is 4. The van der Waals surface area contributed by atoms with Crippen LogP contribution in [-0.2, 0) is 0 Å². The average molecular weight is 687 g/mol. The molecule has 252 valence electrons. The Morgan fingerprint density at radius 3 is 1.11 bits per heavy atom. The van der Waals surface area contributed by atoms with Crippen molar-refractivity contribution in [2.45, 2.75) is 6.92 Å². The van der Waals surface area contributed by atoms with Crippen LogP contribution in [0.4, 0.5) is 0 Å². The highest BCUT2D eigenvalue weighted by molar-refractivity contribution is 6.24. The van der Waals surface area contributed by atoms with E-state index in [4.69, 9.17) is 4.42 Å². The molecule has 0 aliphatic heterocycles. The standard InChI is InChI=1S/C53H34O/c1-33-23-25-35(26-24-33)51-41-17-7-11-21-45(41)53(46-22-12-8-18-42(46)51)37-27-29-38-47-31-36(28-30-48(47)54-49(38)32-37)52-43-19-9-5-15-39(43)50(34-13-3-2-4-14-34)40-16-6-10-20-44(40)52/h2-32H,1H3. The first-order valence-corrected chi connectivity index (χ1v) is 18.7. The van der Waals surface area contributed by atoms with Gasteiger partial charge in [0.2, 0.25) is 0 Å². The zero-order chi connectivity index (χ0) is 35.8. The van der Waals surface area contributed by atoms with Crippen molar-refractivity contribution in [2.24, 2.45) is 0 Å². The van der Waals surface area contributed by atoms with Gasteiger partial charge in [-0.2, -0.15) is 0 Å². The predicted octanol–water partition coefficient (Wildman–Crippen LogP) is 15.2. The third kappa shape index (κ3) is 4.65. The zero-order valence-corrected chi connectivity index (χ0v) is 29.8. The van der Waals surface area contributed by atoms with E-state index in [9.17, 15) is 0 Å². The molecule has 0 saturated carbocycles. The van der Waals surface area contributed by atoms with Crippen LogP contribution in [0.5, 0.6) is 0 Å². The Morgan fingerprint density at radius 2 is 0.630 bits per heavy atom. The van der Waals surface area contributed by atoms with Crippen LogP contribution in [0.15, 0.2) is 192 Å². The maximum absolute atomic E-state index is 6.69. The lowest BCUT2D eigenvalue weighted by molar-refractivity contribution is 0.669. The van der Waals surface area contributed by atoms with Gasteiger partial charge in [-0.15, -0.1) is 0 Å². The van der Waals surface area contributed by atoms with Crippen LogP contribution < -0.4 is 0 Å². The molecular weight excluding hydrogens is 653 g/mol. The van der Waals surface area contributed by atoms with Crippen molar-refractivity contribution in [2.75, 3.05) is 0 Å². The quantitative estimate of drug-likeness (QED) is 0.168. The van der Waals surface area contributed by atoms with Crippen molar-refractivity contribution in [3.8, 4) is 44.5 Å². The van der Waals surface area contributed by atoms with Gasteiger partial charge in [-0.05, 0) is 119 Å². The largest absolute Gasteiger partial charge is 0.456 e. The third-order valence-corrected chi connectivity index (χ3v) is 11.3. The fourth-order valence-electron chi connectivity index (χ4n) is 8.91. The van der Waals surface area contributed by atoms with Crippen molar-refractivity contribution >= 4 is 65.0 Å². The van der Waals surface area contributed by atoms with Crippen LogP contribution in [0.1, 0.15) is 5.56 Å². The van der Waals surface area contributed by atoms with Gasteiger partial charge in [0.05, 0.1) is 0 Å². The zero-order valence-electron chi connectivity index (χ0n) is 29.8. The summed E-state index contributed by atoms with van der Waals surface area (Å²) in [6.07, 6.45) is 0. The Morgan fingerprint density at radius 1 is 0.259 bits per heavy atom. The normalized spacial score (nSPS) is 11.8. The van der Waals surface area contributed by atoms with Crippen LogP contribution in [0.3, 0.4) is 0 Å². The van der Waals surface area contributed by atoms with Crippen LogP contribution in [-0.4, -0.2) is 0 Å². The lowest BCUT2D eigenvalue weighted by Gasteiger charge is -2.18. The number of fused-ring (bicyclic) bond motifs is 7. The summed E-state index contributed by atoms with van der Waals surface area (Å²) in [6.45, 7) is 2.14. The molecule has 54 heavy (non-hydrogen) atoms. The third-order valence-electron chi connectivity index (χ3n) is 11.3. The highest BCUT2D eigenvalue weighted by Gasteiger charge is 2.20. The van der Waals surface area contributed by atoms with Crippen LogP contribution in [0, 0.1) is 6.92 Å². The van der Waals surface area contributed by atoms with Crippen LogP contribution in [0.25, 0.3) is 110 Å². The second-order valence-corrected chi connectivity index (χ2v) is 14.4. The van der Waals surface area contributed by atoms with E-state index >= 15 is 0 Å².